The highest BCUT2D eigenvalue weighted by atomic mass is 35.5. The Morgan fingerprint density at radius 2 is 1.78 bits per heavy atom. The highest BCUT2D eigenvalue weighted by Gasteiger charge is 2.00. The van der Waals surface area contributed by atoms with Crippen LogP contribution in [0.15, 0.2) is 29.3 Å². The molecule has 0 saturated carbocycles. The summed E-state index contributed by atoms with van der Waals surface area (Å²) >= 11 is 9.73. The quantitative estimate of drug-likeness (QED) is 0.329. The van der Waals surface area contributed by atoms with Crippen molar-refractivity contribution in [1.82, 2.24) is 9.80 Å². The van der Waals surface area contributed by atoms with Gasteiger partial charge in [-0.05, 0) is 31.3 Å². The molecule has 0 aliphatic heterocycles. The van der Waals surface area contributed by atoms with Gasteiger partial charge < -0.3 is 14.5 Å². The van der Waals surface area contributed by atoms with E-state index in [4.69, 9.17) is 16.4 Å². The Morgan fingerprint density at radius 3 is 2.04 bits per heavy atom. The number of hydrogen-bond donors (Lipinski definition) is 1. The number of thiol groups is 1. The van der Waals surface area contributed by atoms with Gasteiger partial charge in [0, 0.05) is 25.2 Å². The van der Waals surface area contributed by atoms with Gasteiger partial charge in [0.2, 0.25) is 6.41 Å². The van der Waals surface area contributed by atoms with Gasteiger partial charge in [0.1, 0.15) is 0 Å². The summed E-state index contributed by atoms with van der Waals surface area (Å²) in [5.74, 6) is 0.423. The zero-order valence-electron chi connectivity index (χ0n) is 16.6. The van der Waals surface area contributed by atoms with E-state index < -0.39 is 0 Å². The van der Waals surface area contributed by atoms with Crippen LogP contribution in [-0.2, 0) is 20.9 Å². The Hall–Kier alpha value is -2.06. The van der Waals surface area contributed by atoms with Gasteiger partial charge in [-0.2, -0.15) is 12.6 Å². The summed E-state index contributed by atoms with van der Waals surface area (Å²) in [6.45, 7) is 10.6. The smallest absolute Gasteiger partial charge is 0.342 e. The van der Waals surface area contributed by atoms with Crippen molar-refractivity contribution in [3.63, 3.8) is 0 Å². The number of nitrogens with zero attached hydrogens (tertiary/aromatic N) is 3. The SMILES string of the molecule is C=NC(=O)N(C)CC.CC.COC=O.O=CN(CS)Cc1ccc(Cl)cc1. The monoisotopic (exact) mass is 419 g/mol. The summed E-state index contributed by atoms with van der Waals surface area (Å²) in [6, 6.07) is 7.12. The van der Waals surface area contributed by atoms with Gasteiger partial charge in [0.25, 0.3) is 6.47 Å². The summed E-state index contributed by atoms with van der Waals surface area (Å²) in [5, 5.41) is 0.701. The molecule has 154 valence electrons. The van der Waals surface area contributed by atoms with E-state index in [2.05, 4.69) is 29.1 Å². The van der Waals surface area contributed by atoms with Crippen molar-refractivity contribution in [3.05, 3.63) is 34.9 Å². The lowest BCUT2D eigenvalue weighted by Gasteiger charge is -2.13. The number of urea groups is 1. The third-order valence-electron chi connectivity index (χ3n) is 2.66. The minimum atomic E-state index is -0.271. The Bertz CT molecular complexity index is 516. The summed E-state index contributed by atoms with van der Waals surface area (Å²) in [4.78, 5) is 36.1. The molecular formula is C18H30ClN3O4S. The fourth-order valence-electron chi connectivity index (χ4n) is 1.20. The van der Waals surface area contributed by atoms with E-state index in [1.807, 2.05) is 32.9 Å². The van der Waals surface area contributed by atoms with Crippen LogP contribution in [0.5, 0.6) is 0 Å². The number of carbonyl (C=O) groups excluding carboxylic acids is 3. The van der Waals surface area contributed by atoms with Gasteiger partial charge in [0.15, 0.2) is 0 Å². The third-order valence-corrected chi connectivity index (χ3v) is 3.28. The van der Waals surface area contributed by atoms with Crippen molar-refractivity contribution in [2.45, 2.75) is 27.3 Å². The molecule has 0 saturated heterocycles. The molecule has 7 nitrogen and oxygen atoms in total. The minimum Gasteiger partial charge on any atom is -0.471 e. The topological polar surface area (TPSA) is 79.3 Å². The number of benzene rings is 1. The molecule has 1 rings (SSSR count). The standard InChI is InChI=1S/C9H10ClNOS.C5H10N2O.C2H4O2.C2H6/c10-9-3-1-8(2-4-9)5-11(6-12)7-13;1-4-7(3)5(8)6-2;1-4-2-3;1-2/h1-4,6,13H,5,7H2;2,4H2,1,3H3;2H,1H3;1-2H3. The first-order valence-electron chi connectivity index (χ1n) is 8.12. The fraction of sp³-hybridized carbons (Fsp3) is 0.444. The number of aliphatic imine (C=N–C) groups is 1. The summed E-state index contributed by atoms with van der Waals surface area (Å²) < 4.78 is 3.86. The number of carbonyl (C=O) groups is 3. The summed E-state index contributed by atoms with van der Waals surface area (Å²) in [7, 11) is 2.99. The number of methoxy groups -OCH3 is 1. The molecule has 0 heterocycles. The summed E-state index contributed by atoms with van der Waals surface area (Å²) in [5.41, 5.74) is 1.05. The zero-order chi connectivity index (χ0) is 21.7. The van der Waals surface area contributed by atoms with Crippen molar-refractivity contribution in [2.24, 2.45) is 4.99 Å². The molecule has 0 spiro atoms. The normalized spacial score (nSPS) is 8.11. The minimum absolute atomic E-state index is 0.271. The van der Waals surface area contributed by atoms with Gasteiger partial charge in [-0.15, -0.1) is 0 Å². The molecule has 9 heteroatoms. The molecular weight excluding hydrogens is 390 g/mol. The van der Waals surface area contributed by atoms with Crippen molar-refractivity contribution in [3.8, 4) is 0 Å². The van der Waals surface area contributed by atoms with Gasteiger partial charge in [-0.3, -0.25) is 9.59 Å². The molecule has 0 unspecified atom stereocenters. The van der Waals surface area contributed by atoms with Crippen LogP contribution in [-0.4, -0.2) is 62.0 Å². The van der Waals surface area contributed by atoms with E-state index >= 15 is 0 Å². The van der Waals surface area contributed by atoms with Gasteiger partial charge in [0.05, 0.1) is 13.0 Å². The van der Waals surface area contributed by atoms with Crippen LogP contribution in [0.2, 0.25) is 5.02 Å². The first-order chi connectivity index (χ1) is 12.9. The van der Waals surface area contributed by atoms with Crippen LogP contribution in [0.25, 0.3) is 0 Å². The van der Waals surface area contributed by atoms with Crippen LogP contribution in [0.1, 0.15) is 26.3 Å². The number of ether oxygens (including phenoxy) is 1. The van der Waals surface area contributed by atoms with Crippen molar-refractivity contribution in [1.29, 1.82) is 0 Å². The van der Waals surface area contributed by atoms with E-state index in [-0.39, 0.29) is 6.03 Å². The number of hydrogen-bond acceptors (Lipinski definition) is 5. The lowest BCUT2D eigenvalue weighted by molar-refractivity contribution is -0.126. The largest absolute Gasteiger partial charge is 0.471 e. The lowest BCUT2D eigenvalue weighted by atomic mass is 10.2. The predicted octanol–water partition coefficient (Wildman–Crippen LogP) is 3.76. The molecule has 0 bridgehead atoms. The second-order valence-corrected chi connectivity index (χ2v) is 5.13. The molecule has 0 N–H and O–H groups in total. The molecule has 0 aliphatic rings. The van der Waals surface area contributed by atoms with Gasteiger partial charge >= 0.3 is 6.03 Å². The van der Waals surface area contributed by atoms with E-state index in [9.17, 15) is 9.59 Å². The van der Waals surface area contributed by atoms with E-state index in [0.29, 0.717) is 30.5 Å². The molecule has 3 amide bonds. The van der Waals surface area contributed by atoms with Crippen molar-refractivity contribution < 1.29 is 19.1 Å². The molecule has 1 aromatic carbocycles. The molecule has 0 fully saturated rings. The van der Waals surface area contributed by atoms with E-state index in [1.165, 1.54) is 12.0 Å². The Balaban J connectivity index is -0.000000352. The van der Waals surface area contributed by atoms with Crippen LogP contribution in [0.3, 0.4) is 0 Å². The highest BCUT2D eigenvalue weighted by molar-refractivity contribution is 7.80. The number of rotatable bonds is 6. The Morgan fingerprint density at radius 1 is 1.30 bits per heavy atom. The molecule has 0 radical (unpaired) electrons. The van der Waals surface area contributed by atoms with E-state index in [0.717, 1.165) is 12.0 Å². The first-order valence-corrected chi connectivity index (χ1v) is 9.13. The van der Waals surface area contributed by atoms with Gasteiger partial charge in [-0.1, -0.05) is 37.6 Å². The van der Waals surface area contributed by atoms with Crippen LogP contribution in [0, 0.1) is 0 Å². The third kappa shape index (κ3) is 18.5. The molecule has 1 aromatic rings. The second-order valence-electron chi connectivity index (χ2n) is 4.41. The zero-order valence-corrected chi connectivity index (χ0v) is 18.2. The molecule has 0 aliphatic carbocycles. The maximum absolute atomic E-state index is 10.5. The summed E-state index contributed by atoms with van der Waals surface area (Å²) in [6.07, 6.45) is 0.779. The highest BCUT2D eigenvalue weighted by Crippen LogP contribution is 2.10. The maximum atomic E-state index is 10.5. The van der Waals surface area contributed by atoms with Crippen LogP contribution >= 0.6 is 24.2 Å². The molecule has 0 atom stereocenters. The average molecular weight is 420 g/mol. The van der Waals surface area contributed by atoms with E-state index in [1.54, 1.807) is 24.1 Å². The van der Waals surface area contributed by atoms with Crippen LogP contribution in [0.4, 0.5) is 4.79 Å². The fourth-order valence-corrected chi connectivity index (χ4v) is 1.49. The van der Waals surface area contributed by atoms with Crippen molar-refractivity contribution >= 4 is 49.9 Å². The maximum Gasteiger partial charge on any atom is 0.342 e. The Labute approximate surface area is 172 Å². The van der Waals surface area contributed by atoms with Crippen molar-refractivity contribution in [2.75, 3.05) is 26.6 Å². The predicted molar refractivity (Wildman–Crippen MR) is 115 cm³/mol. The lowest BCUT2D eigenvalue weighted by Crippen LogP contribution is -2.22. The number of amides is 3. The second kappa shape index (κ2) is 22.0. The molecule has 0 aromatic heterocycles. The van der Waals surface area contributed by atoms with Crippen LogP contribution < -0.4 is 0 Å². The van der Waals surface area contributed by atoms with Gasteiger partial charge in [-0.25, -0.2) is 9.79 Å². The number of halogens is 1. The molecule has 27 heavy (non-hydrogen) atoms. The first kappa shape index (κ1) is 29.7. The Kier molecular flexibility index (Phi) is 24.2. The average Bonchev–Trinajstić information content (AvgIpc) is 2.74.